The predicted molar refractivity (Wildman–Crippen MR) is 163 cm³/mol. The molecule has 0 saturated heterocycles. The Morgan fingerprint density at radius 1 is 0.325 bits per heavy atom. The van der Waals surface area contributed by atoms with Crippen LogP contribution < -0.4 is 0 Å². The highest BCUT2D eigenvalue weighted by molar-refractivity contribution is 6.01. The van der Waals surface area contributed by atoms with Gasteiger partial charge in [0.2, 0.25) is 0 Å². The summed E-state index contributed by atoms with van der Waals surface area (Å²) in [6.45, 7) is 11.8. The van der Waals surface area contributed by atoms with Crippen molar-refractivity contribution in [3.05, 3.63) is 106 Å². The Bertz CT molecular complexity index is 1540. The van der Waals surface area contributed by atoms with Crippen molar-refractivity contribution in [3.63, 3.8) is 0 Å². The van der Waals surface area contributed by atoms with Gasteiger partial charge in [0.15, 0.2) is 0 Å². The van der Waals surface area contributed by atoms with Gasteiger partial charge in [-0.1, -0.05) is 24.3 Å². The van der Waals surface area contributed by atoms with Crippen LogP contribution in [-0.4, -0.2) is 20.4 Å². The van der Waals surface area contributed by atoms with E-state index >= 15 is 0 Å². The van der Waals surface area contributed by atoms with E-state index in [4.69, 9.17) is 0 Å². The maximum Gasteiger partial charge on any atom is 0.118 e. The van der Waals surface area contributed by atoms with Gasteiger partial charge >= 0.3 is 0 Å². The van der Waals surface area contributed by atoms with E-state index in [0.29, 0.717) is 0 Å². The molecule has 0 saturated carbocycles. The van der Waals surface area contributed by atoms with Crippen LogP contribution in [0.15, 0.2) is 72.8 Å². The number of benzene rings is 5. The van der Waals surface area contributed by atoms with E-state index in [1.807, 2.05) is 76.2 Å². The summed E-state index contributed by atoms with van der Waals surface area (Å²) >= 11 is 0. The normalized spacial score (nSPS) is 11.2. The van der Waals surface area contributed by atoms with Gasteiger partial charge in [0.1, 0.15) is 23.0 Å². The molecule has 0 bridgehead atoms. The minimum Gasteiger partial charge on any atom is -0.508 e. The highest BCUT2D eigenvalue weighted by Crippen LogP contribution is 2.49. The molecule has 0 unspecified atom stereocenters. The van der Waals surface area contributed by atoms with Crippen molar-refractivity contribution in [1.82, 2.24) is 0 Å². The number of aryl methyl sites for hydroxylation is 4. The fraction of sp³-hybridized carbons (Fsp3) is 0.167. The molecule has 5 aromatic rings. The summed E-state index contributed by atoms with van der Waals surface area (Å²) < 4.78 is 0. The Balaban J connectivity index is 2.00. The number of hydrogen-bond acceptors (Lipinski definition) is 4. The first-order valence-corrected chi connectivity index (χ1v) is 13.3. The molecule has 0 aromatic heterocycles. The molecule has 4 heteroatoms. The Hall–Kier alpha value is -4.70. The van der Waals surface area contributed by atoms with E-state index in [2.05, 4.69) is 13.8 Å². The Morgan fingerprint density at radius 3 is 0.700 bits per heavy atom. The number of phenolic OH excluding ortho intramolecular Hbond substituents is 4. The van der Waals surface area contributed by atoms with Gasteiger partial charge in [0, 0.05) is 0 Å². The Morgan fingerprint density at radius 2 is 0.525 bits per heavy atom. The first-order valence-electron chi connectivity index (χ1n) is 13.3. The molecule has 0 aliphatic carbocycles. The summed E-state index contributed by atoms with van der Waals surface area (Å²) in [6.07, 6.45) is 0. The van der Waals surface area contributed by atoms with Crippen LogP contribution in [0, 0.1) is 41.5 Å². The lowest BCUT2D eigenvalue weighted by Crippen LogP contribution is -2.02. The lowest BCUT2D eigenvalue weighted by atomic mass is 9.77. The molecular weight excluding hydrogens is 496 g/mol. The summed E-state index contributed by atoms with van der Waals surface area (Å²) in [7, 11) is 0. The van der Waals surface area contributed by atoms with Crippen molar-refractivity contribution in [1.29, 1.82) is 0 Å². The van der Waals surface area contributed by atoms with E-state index in [0.717, 1.165) is 77.9 Å². The van der Waals surface area contributed by atoms with Crippen molar-refractivity contribution in [2.24, 2.45) is 0 Å². The highest BCUT2D eigenvalue weighted by atomic mass is 16.3. The third kappa shape index (κ3) is 4.56. The topological polar surface area (TPSA) is 80.9 Å². The van der Waals surface area contributed by atoms with Gasteiger partial charge in [0.25, 0.3) is 0 Å². The average Bonchev–Trinajstić information content (AvgIpc) is 2.91. The van der Waals surface area contributed by atoms with Gasteiger partial charge < -0.3 is 20.4 Å². The Labute approximate surface area is 235 Å². The van der Waals surface area contributed by atoms with Crippen molar-refractivity contribution < 1.29 is 20.4 Å². The van der Waals surface area contributed by atoms with Crippen LogP contribution in [0.1, 0.15) is 33.4 Å². The van der Waals surface area contributed by atoms with Crippen LogP contribution >= 0.6 is 0 Å². The van der Waals surface area contributed by atoms with Crippen LogP contribution in [0.5, 0.6) is 23.0 Å². The maximum atomic E-state index is 10.3. The molecule has 0 fully saturated rings. The van der Waals surface area contributed by atoms with Gasteiger partial charge in [-0.15, -0.1) is 0 Å². The molecule has 0 aliphatic heterocycles. The maximum absolute atomic E-state index is 10.3. The molecule has 5 rings (SSSR count). The number of hydrogen-bond donors (Lipinski definition) is 4. The molecule has 0 aliphatic rings. The minimum atomic E-state index is 0.241. The molecule has 40 heavy (non-hydrogen) atoms. The zero-order valence-corrected chi connectivity index (χ0v) is 23.7. The monoisotopic (exact) mass is 530 g/mol. The standard InChI is InChI=1S/C36H34O4/c1-19-15-25(7-11-29(19)37)33-23(5)35(27-9-13-31(39)21(3)17-27)36(28-10-14-32(40)22(4)18-28)24(6)34(33)26-8-12-30(38)20(2)16-26/h7-18,37-40H,1-6H3. The van der Waals surface area contributed by atoms with E-state index in [-0.39, 0.29) is 23.0 Å². The summed E-state index contributed by atoms with van der Waals surface area (Å²) in [4.78, 5) is 0. The van der Waals surface area contributed by atoms with Crippen molar-refractivity contribution in [2.45, 2.75) is 41.5 Å². The molecule has 0 atom stereocenters. The van der Waals surface area contributed by atoms with Crippen LogP contribution in [-0.2, 0) is 0 Å². The third-order valence-electron chi connectivity index (χ3n) is 7.94. The second kappa shape index (κ2) is 10.1. The quantitative estimate of drug-likeness (QED) is 0.187. The van der Waals surface area contributed by atoms with Crippen molar-refractivity contribution in [2.75, 3.05) is 0 Å². The van der Waals surface area contributed by atoms with Crippen molar-refractivity contribution in [3.8, 4) is 67.5 Å². The molecule has 0 heterocycles. The fourth-order valence-electron chi connectivity index (χ4n) is 5.69. The van der Waals surface area contributed by atoms with Crippen molar-refractivity contribution >= 4 is 0 Å². The molecular formula is C36H34O4. The number of aromatic hydroxyl groups is 4. The van der Waals surface area contributed by atoms with Gasteiger partial charge in [-0.3, -0.25) is 0 Å². The summed E-state index contributed by atoms with van der Waals surface area (Å²) in [5, 5.41) is 41.3. The first kappa shape index (κ1) is 26.9. The third-order valence-corrected chi connectivity index (χ3v) is 7.94. The minimum absolute atomic E-state index is 0.241. The van der Waals surface area contributed by atoms with E-state index in [1.54, 1.807) is 24.3 Å². The average molecular weight is 531 g/mol. The van der Waals surface area contributed by atoms with E-state index in [1.165, 1.54) is 0 Å². The lowest BCUT2D eigenvalue weighted by Gasteiger charge is -2.26. The molecule has 4 N–H and O–H groups in total. The molecule has 0 radical (unpaired) electrons. The Kier molecular flexibility index (Phi) is 6.80. The molecule has 4 nitrogen and oxygen atoms in total. The molecule has 202 valence electrons. The van der Waals surface area contributed by atoms with Crippen LogP contribution in [0.25, 0.3) is 44.5 Å². The van der Waals surface area contributed by atoms with Gasteiger partial charge in [0.05, 0.1) is 0 Å². The SMILES string of the molecule is Cc1cc(-c2c(C)c(-c3ccc(O)c(C)c3)c(-c3ccc(O)c(C)c3)c(C)c2-c2ccc(O)c(C)c2)ccc1O. The largest absolute Gasteiger partial charge is 0.508 e. The van der Waals surface area contributed by atoms with Crippen LogP contribution in [0.3, 0.4) is 0 Å². The van der Waals surface area contributed by atoms with Crippen LogP contribution in [0.4, 0.5) is 0 Å². The van der Waals surface area contributed by atoms with Crippen LogP contribution in [0.2, 0.25) is 0 Å². The van der Waals surface area contributed by atoms with Gasteiger partial charge in [-0.2, -0.15) is 0 Å². The zero-order valence-electron chi connectivity index (χ0n) is 23.7. The highest BCUT2D eigenvalue weighted by Gasteiger charge is 2.25. The second-order valence-electron chi connectivity index (χ2n) is 10.8. The van der Waals surface area contributed by atoms with Gasteiger partial charge in [-0.05, 0) is 168 Å². The summed E-state index contributed by atoms with van der Waals surface area (Å²) in [5.41, 5.74) is 13.2. The molecule has 0 amide bonds. The van der Waals surface area contributed by atoms with E-state index in [9.17, 15) is 20.4 Å². The molecule has 0 spiro atoms. The zero-order chi connectivity index (χ0) is 28.9. The lowest BCUT2D eigenvalue weighted by molar-refractivity contribution is 0.470. The summed E-state index contributed by atoms with van der Waals surface area (Å²) in [6, 6.07) is 22.7. The molecule has 5 aromatic carbocycles. The number of phenols is 4. The predicted octanol–water partition coefficient (Wildman–Crippen LogP) is 9.03. The van der Waals surface area contributed by atoms with Gasteiger partial charge in [-0.25, -0.2) is 0 Å². The first-order chi connectivity index (χ1) is 19.0. The fourth-order valence-corrected chi connectivity index (χ4v) is 5.69. The smallest absolute Gasteiger partial charge is 0.118 e. The summed E-state index contributed by atoms with van der Waals surface area (Å²) in [5.74, 6) is 0.966. The van der Waals surface area contributed by atoms with E-state index < -0.39 is 0 Å². The number of rotatable bonds is 4. The second-order valence-corrected chi connectivity index (χ2v) is 10.8.